The van der Waals surface area contributed by atoms with Crippen LogP contribution in [-0.4, -0.2) is 0 Å². The number of nitrogens with zero attached hydrogens (tertiary/aromatic N) is 1. The summed E-state index contributed by atoms with van der Waals surface area (Å²) in [6.07, 6.45) is 4.79. The molecular formula is C17H18NO. The molecule has 97 valence electrons. The summed E-state index contributed by atoms with van der Waals surface area (Å²) in [5.41, 5.74) is 3.23. The first-order valence-electron chi connectivity index (χ1n) is 6.99. The minimum Gasteiger partial charge on any atom is -0.453 e. The number of hydrogen-bond acceptors (Lipinski definition) is 1. The van der Waals surface area contributed by atoms with Crippen LogP contribution in [-0.2, 0) is 6.42 Å². The van der Waals surface area contributed by atoms with E-state index in [2.05, 4.69) is 19.1 Å². The van der Waals surface area contributed by atoms with E-state index in [1.807, 2.05) is 30.3 Å². The Labute approximate surface area is 114 Å². The molecule has 0 atom stereocenters. The first-order chi connectivity index (χ1) is 9.38. The van der Waals surface area contributed by atoms with Gasteiger partial charge in [0.15, 0.2) is 11.5 Å². The molecule has 0 aliphatic carbocycles. The van der Waals surface area contributed by atoms with Gasteiger partial charge in [0.25, 0.3) is 0 Å². The molecule has 0 saturated heterocycles. The minimum absolute atomic E-state index is 0.848. The van der Waals surface area contributed by atoms with E-state index in [0.717, 1.165) is 29.3 Å². The van der Waals surface area contributed by atoms with Gasteiger partial charge in [0, 0.05) is 0 Å². The standard InChI is InChI=1S/C17H18NO/c1-2-3-4-8-13-9-7-12-16-17(13)18-14-10-5-6-11-15(14)19-16/h5-7,9-12H,2-4,8H2,1H3. The minimum atomic E-state index is 0.848. The van der Waals surface area contributed by atoms with E-state index >= 15 is 0 Å². The predicted molar refractivity (Wildman–Crippen MR) is 77.6 cm³/mol. The summed E-state index contributed by atoms with van der Waals surface area (Å²) < 4.78 is 5.93. The Morgan fingerprint density at radius 2 is 1.79 bits per heavy atom. The van der Waals surface area contributed by atoms with Crippen molar-refractivity contribution in [1.29, 1.82) is 0 Å². The number of ether oxygens (including phenoxy) is 1. The molecule has 2 aromatic carbocycles. The van der Waals surface area contributed by atoms with Crippen molar-refractivity contribution in [3.05, 3.63) is 48.0 Å². The second-order valence-corrected chi connectivity index (χ2v) is 4.90. The van der Waals surface area contributed by atoms with Gasteiger partial charge in [0.1, 0.15) is 11.4 Å². The number of unbranched alkanes of at least 4 members (excludes halogenated alkanes) is 2. The van der Waals surface area contributed by atoms with Crippen molar-refractivity contribution >= 4 is 11.4 Å². The van der Waals surface area contributed by atoms with Gasteiger partial charge in [-0.3, -0.25) is 0 Å². The summed E-state index contributed by atoms with van der Waals surface area (Å²) >= 11 is 0. The third kappa shape index (κ3) is 2.43. The zero-order valence-corrected chi connectivity index (χ0v) is 11.2. The van der Waals surface area contributed by atoms with E-state index in [-0.39, 0.29) is 0 Å². The number of benzene rings is 2. The van der Waals surface area contributed by atoms with E-state index < -0.39 is 0 Å². The second kappa shape index (κ2) is 5.35. The van der Waals surface area contributed by atoms with Crippen molar-refractivity contribution < 1.29 is 4.74 Å². The first-order valence-corrected chi connectivity index (χ1v) is 6.99. The van der Waals surface area contributed by atoms with Gasteiger partial charge < -0.3 is 4.74 Å². The van der Waals surface area contributed by atoms with Crippen LogP contribution in [0.15, 0.2) is 42.5 Å². The number of hydrogen-bond donors (Lipinski definition) is 0. The number of para-hydroxylation sites is 3. The molecule has 0 fully saturated rings. The lowest BCUT2D eigenvalue weighted by atomic mass is 10.0. The van der Waals surface area contributed by atoms with Gasteiger partial charge in [0.2, 0.25) is 0 Å². The Balaban J connectivity index is 1.88. The maximum Gasteiger partial charge on any atom is 0.153 e. The number of aryl methyl sites for hydroxylation is 1. The van der Waals surface area contributed by atoms with Crippen LogP contribution in [0.5, 0.6) is 11.5 Å². The topological polar surface area (TPSA) is 23.3 Å². The Hall–Kier alpha value is -1.96. The highest BCUT2D eigenvalue weighted by molar-refractivity contribution is 5.70. The molecule has 0 aromatic heterocycles. The normalized spacial score (nSPS) is 12.1. The van der Waals surface area contributed by atoms with Crippen molar-refractivity contribution in [3.63, 3.8) is 0 Å². The van der Waals surface area contributed by atoms with Gasteiger partial charge >= 0.3 is 0 Å². The molecule has 0 bridgehead atoms. The quantitative estimate of drug-likeness (QED) is 0.593. The lowest BCUT2D eigenvalue weighted by Crippen LogP contribution is -2.04. The van der Waals surface area contributed by atoms with Gasteiger partial charge in [-0.2, -0.15) is 0 Å². The Bertz CT molecular complexity index is 577. The molecule has 0 spiro atoms. The smallest absolute Gasteiger partial charge is 0.153 e. The fraction of sp³-hybridized carbons (Fsp3) is 0.294. The van der Waals surface area contributed by atoms with E-state index in [9.17, 15) is 0 Å². The monoisotopic (exact) mass is 252 g/mol. The largest absolute Gasteiger partial charge is 0.453 e. The van der Waals surface area contributed by atoms with Crippen molar-refractivity contribution in [2.24, 2.45) is 0 Å². The summed E-state index contributed by atoms with van der Waals surface area (Å²) in [5.74, 6) is 1.73. The molecule has 0 saturated carbocycles. The highest BCUT2D eigenvalue weighted by Gasteiger charge is 2.19. The Morgan fingerprint density at radius 3 is 2.68 bits per heavy atom. The van der Waals surface area contributed by atoms with Gasteiger partial charge in [-0.1, -0.05) is 44.0 Å². The Morgan fingerprint density at radius 1 is 0.947 bits per heavy atom. The summed E-state index contributed by atoms with van der Waals surface area (Å²) in [5, 5.41) is 4.76. The predicted octanol–water partition coefficient (Wildman–Crippen LogP) is 5.09. The summed E-state index contributed by atoms with van der Waals surface area (Å²) in [6, 6.07) is 14.2. The summed E-state index contributed by atoms with van der Waals surface area (Å²) in [4.78, 5) is 0. The molecule has 0 unspecified atom stereocenters. The molecule has 1 radical (unpaired) electrons. The van der Waals surface area contributed by atoms with Gasteiger partial charge in [-0.05, 0) is 36.6 Å². The third-order valence-electron chi connectivity index (χ3n) is 3.45. The van der Waals surface area contributed by atoms with Crippen LogP contribution in [0.2, 0.25) is 0 Å². The van der Waals surface area contributed by atoms with Crippen molar-refractivity contribution in [2.75, 3.05) is 0 Å². The Kier molecular flexibility index (Phi) is 3.41. The second-order valence-electron chi connectivity index (χ2n) is 4.90. The van der Waals surface area contributed by atoms with Crippen LogP contribution in [0, 0.1) is 0 Å². The lowest BCUT2D eigenvalue weighted by molar-refractivity contribution is 0.470. The summed E-state index contributed by atoms with van der Waals surface area (Å²) in [7, 11) is 0. The van der Waals surface area contributed by atoms with Gasteiger partial charge in [-0.15, -0.1) is 0 Å². The van der Waals surface area contributed by atoms with Crippen molar-refractivity contribution in [1.82, 2.24) is 5.32 Å². The maximum atomic E-state index is 5.93. The highest BCUT2D eigenvalue weighted by Crippen LogP contribution is 2.43. The molecule has 2 heteroatoms. The SMILES string of the molecule is CCCCCc1cccc2c1[N]c1ccccc1O2. The first kappa shape index (κ1) is 12.1. The fourth-order valence-electron chi connectivity index (χ4n) is 2.42. The molecule has 2 nitrogen and oxygen atoms in total. The van der Waals surface area contributed by atoms with Crippen LogP contribution in [0.4, 0.5) is 11.4 Å². The summed E-state index contributed by atoms with van der Waals surface area (Å²) in [6.45, 7) is 2.23. The molecule has 19 heavy (non-hydrogen) atoms. The van der Waals surface area contributed by atoms with Gasteiger partial charge in [-0.25, -0.2) is 5.32 Å². The lowest BCUT2D eigenvalue weighted by Gasteiger charge is -2.21. The molecule has 1 heterocycles. The highest BCUT2D eigenvalue weighted by atomic mass is 16.5. The molecule has 0 N–H and O–H groups in total. The van der Waals surface area contributed by atoms with Crippen LogP contribution >= 0.6 is 0 Å². The van der Waals surface area contributed by atoms with E-state index in [1.54, 1.807) is 0 Å². The number of fused-ring (bicyclic) bond motifs is 2. The van der Waals surface area contributed by atoms with Gasteiger partial charge in [0.05, 0.1) is 0 Å². The van der Waals surface area contributed by atoms with Crippen molar-refractivity contribution in [3.8, 4) is 11.5 Å². The van der Waals surface area contributed by atoms with Crippen LogP contribution in [0.1, 0.15) is 31.7 Å². The average Bonchev–Trinajstić information content (AvgIpc) is 2.46. The molecule has 2 aromatic rings. The molecule has 1 aliphatic heterocycles. The van der Waals surface area contributed by atoms with E-state index in [0.29, 0.717) is 0 Å². The molecular weight excluding hydrogens is 234 g/mol. The van der Waals surface area contributed by atoms with E-state index in [4.69, 9.17) is 10.1 Å². The van der Waals surface area contributed by atoms with Crippen LogP contribution in [0.3, 0.4) is 0 Å². The molecule has 1 aliphatic rings. The molecule has 0 amide bonds. The third-order valence-corrected chi connectivity index (χ3v) is 3.45. The van der Waals surface area contributed by atoms with Crippen LogP contribution in [0.25, 0.3) is 0 Å². The fourth-order valence-corrected chi connectivity index (χ4v) is 2.42. The zero-order chi connectivity index (χ0) is 13.1. The zero-order valence-electron chi connectivity index (χ0n) is 11.2. The number of rotatable bonds is 4. The van der Waals surface area contributed by atoms with Crippen LogP contribution < -0.4 is 10.1 Å². The molecule has 3 rings (SSSR count). The maximum absolute atomic E-state index is 5.93. The van der Waals surface area contributed by atoms with E-state index in [1.165, 1.54) is 24.8 Å². The average molecular weight is 252 g/mol. The van der Waals surface area contributed by atoms with Crippen molar-refractivity contribution in [2.45, 2.75) is 32.6 Å².